The molecule has 0 radical (unpaired) electrons. The van der Waals surface area contributed by atoms with Gasteiger partial charge in [0, 0.05) is 0 Å². The summed E-state index contributed by atoms with van der Waals surface area (Å²) < 4.78 is 13.6. The van der Waals surface area contributed by atoms with Gasteiger partial charge < -0.3 is 5.73 Å². The molecule has 0 heterocycles. The molecular weight excluding hydrogens is 237 g/mol. The summed E-state index contributed by atoms with van der Waals surface area (Å²) in [4.78, 5) is 0. The molecule has 19 heavy (non-hydrogen) atoms. The van der Waals surface area contributed by atoms with Crippen molar-refractivity contribution < 1.29 is 4.39 Å². The van der Waals surface area contributed by atoms with Gasteiger partial charge in [0.25, 0.3) is 0 Å². The Morgan fingerprint density at radius 3 is 2.74 bits per heavy atom. The second-order valence-corrected chi connectivity index (χ2v) is 5.44. The minimum atomic E-state index is -0.555. The molecule has 1 atom stereocenters. The average Bonchev–Trinajstić information content (AvgIpc) is 2.42. The van der Waals surface area contributed by atoms with Gasteiger partial charge in [0.15, 0.2) is 0 Å². The summed E-state index contributed by atoms with van der Waals surface area (Å²) in [6.45, 7) is 2.00. The quantitative estimate of drug-likeness (QED) is 0.826. The third kappa shape index (κ3) is 1.96. The normalized spacial score (nSPS) is 22.1. The predicted molar refractivity (Wildman–Crippen MR) is 75.5 cm³/mol. The Morgan fingerprint density at radius 2 is 1.89 bits per heavy atom. The Hall–Kier alpha value is -1.67. The smallest absolute Gasteiger partial charge is 0.123 e. The van der Waals surface area contributed by atoms with Gasteiger partial charge in [0.2, 0.25) is 0 Å². The lowest BCUT2D eigenvalue weighted by Gasteiger charge is -2.37. The van der Waals surface area contributed by atoms with E-state index in [9.17, 15) is 4.39 Å². The van der Waals surface area contributed by atoms with E-state index in [1.807, 2.05) is 25.1 Å². The third-order valence-electron chi connectivity index (χ3n) is 4.20. The molecule has 3 rings (SSSR count). The molecule has 0 bridgehead atoms. The van der Waals surface area contributed by atoms with Gasteiger partial charge in [0.05, 0.1) is 5.54 Å². The van der Waals surface area contributed by atoms with E-state index in [0.717, 1.165) is 36.0 Å². The lowest BCUT2D eigenvalue weighted by Crippen LogP contribution is -2.41. The molecule has 0 saturated heterocycles. The van der Waals surface area contributed by atoms with E-state index >= 15 is 0 Å². The van der Waals surface area contributed by atoms with Crippen molar-refractivity contribution in [1.82, 2.24) is 0 Å². The second kappa shape index (κ2) is 4.46. The number of fused-ring (bicyclic) bond motifs is 1. The van der Waals surface area contributed by atoms with Gasteiger partial charge in [-0.05, 0) is 60.6 Å². The van der Waals surface area contributed by atoms with E-state index in [4.69, 9.17) is 5.73 Å². The molecule has 98 valence electrons. The number of benzene rings is 2. The molecule has 0 fully saturated rings. The summed E-state index contributed by atoms with van der Waals surface area (Å²) in [5.41, 5.74) is 10.6. The minimum absolute atomic E-state index is 0.214. The van der Waals surface area contributed by atoms with E-state index in [1.54, 1.807) is 6.07 Å². The Balaban J connectivity index is 2.21. The van der Waals surface area contributed by atoms with Crippen molar-refractivity contribution in [3.63, 3.8) is 0 Å². The fourth-order valence-electron chi connectivity index (χ4n) is 3.22. The molecule has 0 spiro atoms. The summed E-state index contributed by atoms with van der Waals surface area (Å²) in [6, 6.07) is 13.2. The number of rotatable bonds is 1. The van der Waals surface area contributed by atoms with E-state index in [2.05, 4.69) is 12.1 Å². The first kappa shape index (κ1) is 12.4. The van der Waals surface area contributed by atoms with Crippen LogP contribution in [0.5, 0.6) is 0 Å². The summed E-state index contributed by atoms with van der Waals surface area (Å²) in [5, 5.41) is 0. The number of aryl methyl sites for hydroxylation is 2. The Bertz CT molecular complexity index is 620. The minimum Gasteiger partial charge on any atom is -0.318 e. The van der Waals surface area contributed by atoms with Crippen LogP contribution in [-0.4, -0.2) is 0 Å². The van der Waals surface area contributed by atoms with Crippen molar-refractivity contribution in [3.05, 3.63) is 70.5 Å². The lowest BCUT2D eigenvalue weighted by molar-refractivity contribution is 0.438. The molecule has 0 aliphatic heterocycles. The predicted octanol–water partition coefficient (Wildman–Crippen LogP) is 3.67. The van der Waals surface area contributed by atoms with Gasteiger partial charge in [-0.15, -0.1) is 0 Å². The lowest BCUT2D eigenvalue weighted by atomic mass is 9.72. The standard InChI is InChI=1S/C17H18FN/c1-12-8-9-14(18)11-16(12)17(19)10-4-6-13-5-2-3-7-15(13)17/h2-3,5,7-9,11H,4,6,10,19H2,1H3. The van der Waals surface area contributed by atoms with Gasteiger partial charge in [-0.3, -0.25) is 0 Å². The van der Waals surface area contributed by atoms with Crippen LogP contribution in [0.4, 0.5) is 4.39 Å². The zero-order valence-corrected chi connectivity index (χ0v) is 11.1. The first-order chi connectivity index (χ1) is 9.11. The molecule has 2 aromatic carbocycles. The van der Waals surface area contributed by atoms with Crippen LogP contribution in [0, 0.1) is 12.7 Å². The maximum absolute atomic E-state index is 13.6. The Labute approximate surface area is 113 Å². The molecular formula is C17H18FN. The molecule has 2 N–H and O–H groups in total. The number of nitrogens with two attached hydrogens (primary N) is 1. The molecule has 1 nitrogen and oxygen atoms in total. The largest absolute Gasteiger partial charge is 0.318 e. The van der Waals surface area contributed by atoms with Crippen LogP contribution in [0.25, 0.3) is 0 Å². The van der Waals surface area contributed by atoms with Crippen molar-refractivity contribution in [3.8, 4) is 0 Å². The highest BCUT2D eigenvalue weighted by Crippen LogP contribution is 2.39. The van der Waals surface area contributed by atoms with Gasteiger partial charge in [0.1, 0.15) is 5.82 Å². The van der Waals surface area contributed by atoms with Crippen LogP contribution in [-0.2, 0) is 12.0 Å². The topological polar surface area (TPSA) is 26.0 Å². The van der Waals surface area contributed by atoms with Crippen LogP contribution in [0.3, 0.4) is 0 Å². The fraction of sp³-hybridized carbons (Fsp3) is 0.294. The van der Waals surface area contributed by atoms with Gasteiger partial charge in [-0.1, -0.05) is 30.3 Å². The van der Waals surface area contributed by atoms with E-state index in [0.29, 0.717) is 0 Å². The van der Waals surface area contributed by atoms with Crippen molar-refractivity contribution in [1.29, 1.82) is 0 Å². The number of halogens is 1. The molecule has 0 saturated carbocycles. The van der Waals surface area contributed by atoms with Crippen LogP contribution >= 0.6 is 0 Å². The summed E-state index contributed by atoms with van der Waals surface area (Å²) in [7, 11) is 0. The van der Waals surface area contributed by atoms with Crippen LogP contribution in [0.15, 0.2) is 42.5 Å². The molecule has 0 amide bonds. The highest BCUT2D eigenvalue weighted by atomic mass is 19.1. The maximum atomic E-state index is 13.6. The van der Waals surface area contributed by atoms with Crippen LogP contribution in [0.2, 0.25) is 0 Å². The molecule has 1 aliphatic rings. The number of hydrogen-bond acceptors (Lipinski definition) is 1. The van der Waals surface area contributed by atoms with Gasteiger partial charge >= 0.3 is 0 Å². The molecule has 2 heteroatoms. The summed E-state index contributed by atoms with van der Waals surface area (Å²) >= 11 is 0. The highest BCUT2D eigenvalue weighted by Gasteiger charge is 2.35. The maximum Gasteiger partial charge on any atom is 0.123 e. The van der Waals surface area contributed by atoms with Crippen molar-refractivity contribution in [2.24, 2.45) is 5.73 Å². The molecule has 0 aromatic heterocycles. The fourth-order valence-corrected chi connectivity index (χ4v) is 3.22. The Kier molecular flexibility index (Phi) is 2.90. The first-order valence-corrected chi connectivity index (χ1v) is 6.75. The van der Waals surface area contributed by atoms with Gasteiger partial charge in [-0.2, -0.15) is 0 Å². The highest BCUT2D eigenvalue weighted by molar-refractivity contribution is 5.47. The van der Waals surface area contributed by atoms with E-state index in [-0.39, 0.29) is 5.82 Å². The SMILES string of the molecule is Cc1ccc(F)cc1C1(N)CCCc2ccccc21. The molecule has 2 aromatic rings. The summed E-state index contributed by atoms with van der Waals surface area (Å²) in [5.74, 6) is -0.214. The summed E-state index contributed by atoms with van der Waals surface area (Å²) in [6.07, 6.45) is 2.97. The van der Waals surface area contributed by atoms with Crippen molar-refractivity contribution in [2.75, 3.05) is 0 Å². The zero-order valence-electron chi connectivity index (χ0n) is 11.1. The monoisotopic (exact) mass is 255 g/mol. The third-order valence-corrected chi connectivity index (χ3v) is 4.20. The van der Waals surface area contributed by atoms with E-state index in [1.165, 1.54) is 11.6 Å². The molecule has 1 unspecified atom stereocenters. The van der Waals surface area contributed by atoms with E-state index < -0.39 is 5.54 Å². The van der Waals surface area contributed by atoms with Gasteiger partial charge in [-0.25, -0.2) is 4.39 Å². The van der Waals surface area contributed by atoms with Crippen LogP contribution in [0.1, 0.15) is 35.1 Å². The van der Waals surface area contributed by atoms with Crippen molar-refractivity contribution >= 4 is 0 Å². The first-order valence-electron chi connectivity index (χ1n) is 6.75. The van der Waals surface area contributed by atoms with Crippen molar-refractivity contribution in [2.45, 2.75) is 31.7 Å². The second-order valence-electron chi connectivity index (χ2n) is 5.44. The van der Waals surface area contributed by atoms with Crippen LogP contribution < -0.4 is 5.73 Å². The average molecular weight is 255 g/mol. The Morgan fingerprint density at radius 1 is 1.11 bits per heavy atom. The zero-order chi connectivity index (χ0) is 13.5. The molecule has 1 aliphatic carbocycles. The number of hydrogen-bond donors (Lipinski definition) is 1.